The van der Waals surface area contributed by atoms with Crippen LogP contribution in [0.4, 0.5) is 0 Å². The number of likely N-dealkylation sites (tertiary alicyclic amines) is 1. The van der Waals surface area contributed by atoms with Crippen LogP contribution in [0.2, 0.25) is 0 Å². The number of carbonyl (C=O) groups excluding carboxylic acids is 1. The molecule has 0 N–H and O–H groups in total. The second kappa shape index (κ2) is 5.08. The number of rotatable bonds is 3. The van der Waals surface area contributed by atoms with Crippen LogP contribution in [0, 0.1) is 5.92 Å². The van der Waals surface area contributed by atoms with Gasteiger partial charge in [-0.1, -0.05) is 12.8 Å². The van der Waals surface area contributed by atoms with Gasteiger partial charge in [-0.15, -0.1) is 0 Å². The Labute approximate surface area is 91.8 Å². The van der Waals surface area contributed by atoms with Crippen molar-refractivity contribution in [3.63, 3.8) is 0 Å². The fourth-order valence-corrected chi connectivity index (χ4v) is 3.02. The summed E-state index contributed by atoms with van der Waals surface area (Å²) in [5, 5.41) is 0. The van der Waals surface area contributed by atoms with Gasteiger partial charge in [0.2, 0.25) is 0 Å². The summed E-state index contributed by atoms with van der Waals surface area (Å²) in [6, 6.07) is 0.523. The number of hydrogen-bond acceptors (Lipinski definition) is 3. The first kappa shape index (κ1) is 11.1. The highest BCUT2D eigenvalue weighted by atomic mass is 16.5. The Morgan fingerprint density at radius 3 is 3.00 bits per heavy atom. The van der Waals surface area contributed by atoms with Crippen LogP contribution in [-0.4, -0.2) is 43.5 Å². The van der Waals surface area contributed by atoms with Crippen LogP contribution in [0.25, 0.3) is 0 Å². The highest BCUT2D eigenvalue weighted by Gasteiger charge is 2.37. The Morgan fingerprint density at radius 2 is 2.20 bits per heavy atom. The van der Waals surface area contributed by atoms with Gasteiger partial charge >= 0.3 is 0 Å². The molecular weight excluding hydrogens is 190 g/mol. The fraction of sp³-hybridized carbons (Fsp3) is 0.917. The summed E-state index contributed by atoms with van der Waals surface area (Å²) in [6.07, 6.45) is 5.61. The van der Waals surface area contributed by atoms with Crippen molar-refractivity contribution < 1.29 is 9.53 Å². The second-order valence-corrected chi connectivity index (χ2v) is 4.70. The Kier molecular flexibility index (Phi) is 3.76. The van der Waals surface area contributed by atoms with Gasteiger partial charge in [0.25, 0.3) is 0 Å². The van der Waals surface area contributed by atoms with Gasteiger partial charge in [0.15, 0.2) is 0 Å². The normalized spacial score (nSPS) is 32.7. The SMILES string of the molecule is COCCN1CCC(=O)[C@@H]2CCCC[C@@H]21. The molecule has 3 heteroatoms. The van der Waals surface area contributed by atoms with Crippen molar-refractivity contribution in [2.45, 2.75) is 38.1 Å². The molecule has 2 fully saturated rings. The molecule has 0 aromatic heterocycles. The van der Waals surface area contributed by atoms with Gasteiger partial charge in [-0.3, -0.25) is 9.69 Å². The van der Waals surface area contributed by atoms with E-state index in [2.05, 4.69) is 4.90 Å². The first-order valence-corrected chi connectivity index (χ1v) is 6.08. The molecule has 1 aliphatic heterocycles. The highest BCUT2D eigenvalue weighted by molar-refractivity contribution is 5.82. The number of Topliss-reactive ketones (excluding diaryl/α,β-unsaturated/α-hetero) is 1. The Balaban J connectivity index is 1.97. The van der Waals surface area contributed by atoms with Crippen LogP contribution in [0.5, 0.6) is 0 Å². The molecule has 2 aliphatic rings. The number of methoxy groups -OCH3 is 1. The molecule has 0 bridgehead atoms. The molecule has 1 aliphatic carbocycles. The van der Waals surface area contributed by atoms with E-state index in [9.17, 15) is 4.79 Å². The lowest BCUT2D eigenvalue weighted by molar-refractivity contribution is -0.131. The van der Waals surface area contributed by atoms with E-state index in [1.807, 2.05) is 0 Å². The Bertz CT molecular complexity index is 230. The summed E-state index contributed by atoms with van der Waals surface area (Å²) in [6.45, 7) is 2.73. The van der Waals surface area contributed by atoms with E-state index in [-0.39, 0.29) is 0 Å². The van der Waals surface area contributed by atoms with Gasteiger partial charge < -0.3 is 4.74 Å². The van der Waals surface area contributed by atoms with Gasteiger partial charge in [-0.2, -0.15) is 0 Å². The molecular formula is C12H21NO2. The molecule has 3 nitrogen and oxygen atoms in total. The van der Waals surface area contributed by atoms with Crippen LogP contribution in [0.15, 0.2) is 0 Å². The topological polar surface area (TPSA) is 29.5 Å². The number of carbonyl (C=O) groups is 1. The van der Waals surface area contributed by atoms with Crippen LogP contribution < -0.4 is 0 Å². The van der Waals surface area contributed by atoms with Crippen molar-refractivity contribution >= 4 is 5.78 Å². The van der Waals surface area contributed by atoms with E-state index in [0.717, 1.165) is 32.5 Å². The maximum atomic E-state index is 11.8. The predicted molar refractivity (Wildman–Crippen MR) is 58.8 cm³/mol. The molecule has 86 valence electrons. The van der Waals surface area contributed by atoms with E-state index >= 15 is 0 Å². The Morgan fingerprint density at radius 1 is 1.40 bits per heavy atom. The predicted octanol–water partition coefficient (Wildman–Crippen LogP) is 1.47. The number of hydrogen-bond donors (Lipinski definition) is 0. The van der Waals surface area contributed by atoms with Gasteiger partial charge in [0.05, 0.1) is 6.61 Å². The fourth-order valence-electron chi connectivity index (χ4n) is 3.02. The molecule has 2 atom stereocenters. The maximum absolute atomic E-state index is 11.8. The summed E-state index contributed by atoms with van der Waals surface area (Å²) in [4.78, 5) is 14.3. The molecule has 0 unspecified atom stereocenters. The zero-order valence-corrected chi connectivity index (χ0v) is 9.58. The third kappa shape index (κ3) is 2.40. The average Bonchev–Trinajstić information content (AvgIpc) is 2.29. The molecule has 2 rings (SSSR count). The molecule has 0 aromatic rings. The summed E-state index contributed by atoms with van der Waals surface area (Å²) >= 11 is 0. The molecule has 0 radical (unpaired) electrons. The smallest absolute Gasteiger partial charge is 0.138 e. The minimum Gasteiger partial charge on any atom is -0.383 e. The van der Waals surface area contributed by atoms with Gasteiger partial charge in [0, 0.05) is 38.6 Å². The minimum absolute atomic E-state index is 0.337. The lowest BCUT2D eigenvalue weighted by Crippen LogP contribution is -2.51. The number of ether oxygens (including phenoxy) is 1. The third-order valence-electron chi connectivity index (χ3n) is 3.84. The van der Waals surface area contributed by atoms with E-state index in [1.165, 1.54) is 19.3 Å². The lowest BCUT2D eigenvalue weighted by atomic mass is 9.77. The largest absolute Gasteiger partial charge is 0.383 e. The summed E-state index contributed by atoms with van der Waals surface area (Å²) < 4.78 is 5.12. The number of ketones is 1. The zero-order chi connectivity index (χ0) is 10.7. The second-order valence-electron chi connectivity index (χ2n) is 4.70. The van der Waals surface area contributed by atoms with Gasteiger partial charge in [-0.25, -0.2) is 0 Å². The van der Waals surface area contributed by atoms with Crippen molar-refractivity contribution in [1.82, 2.24) is 4.90 Å². The van der Waals surface area contributed by atoms with Crippen molar-refractivity contribution in [2.24, 2.45) is 5.92 Å². The van der Waals surface area contributed by atoms with E-state index < -0.39 is 0 Å². The maximum Gasteiger partial charge on any atom is 0.138 e. The van der Waals surface area contributed by atoms with E-state index in [1.54, 1.807) is 7.11 Å². The van der Waals surface area contributed by atoms with Crippen molar-refractivity contribution in [2.75, 3.05) is 26.8 Å². The van der Waals surface area contributed by atoms with Crippen LogP contribution in [-0.2, 0) is 9.53 Å². The van der Waals surface area contributed by atoms with Crippen molar-refractivity contribution in [3.05, 3.63) is 0 Å². The van der Waals surface area contributed by atoms with E-state index in [0.29, 0.717) is 17.7 Å². The monoisotopic (exact) mass is 211 g/mol. The molecule has 1 heterocycles. The first-order valence-electron chi connectivity index (χ1n) is 6.08. The van der Waals surface area contributed by atoms with Crippen LogP contribution in [0.1, 0.15) is 32.1 Å². The quantitative estimate of drug-likeness (QED) is 0.708. The number of piperidine rings is 1. The first-order chi connectivity index (χ1) is 7.33. The summed E-state index contributed by atoms with van der Waals surface area (Å²) in [7, 11) is 1.74. The molecule has 0 amide bonds. The van der Waals surface area contributed by atoms with Crippen LogP contribution in [0.3, 0.4) is 0 Å². The molecule has 1 saturated heterocycles. The van der Waals surface area contributed by atoms with Crippen molar-refractivity contribution in [3.8, 4) is 0 Å². The number of fused-ring (bicyclic) bond motifs is 1. The highest BCUT2D eigenvalue weighted by Crippen LogP contribution is 2.32. The number of nitrogens with zero attached hydrogens (tertiary/aromatic N) is 1. The summed E-state index contributed by atoms with van der Waals surface area (Å²) in [5.41, 5.74) is 0. The lowest BCUT2D eigenvalue weighted by Gasteiger charge is -2.43. The Hall–Kier alpha value is -0.410. The molecule has 15 heavy (non-hydrogen) atoms. The molecule has 0 aromatic carbocycles. The van der Waals surface area contributed by atoms with Gasteiger partial charge in [-0.05, 0) is 12.8 Å². The average molecular weight is 211 g/mol. The third-order valence-corrected chi connectivity index (χ3v) is 3.84. The van der Waals surface area contributed by atoms with Crippen LogP contribution >= 0.6 is 0 Å². The zero-order valence-electron chi connectivity index (χ0n) is 9.58. The standard InChI is InChI=1S/C12H21NO2/c1-15-9-8-13-7-6-12(14)10-4-2-3-5-11(10)13/h10-11H,2-9H2,1H3/t10-,11+/m1/s1. The molecule has 1 saturated carbocycles. The van der Waals surface area contributed by atoms with Gasteiger partial charge in [0.1, 0.15) is 5.78 Å². The van der Waals surface area contributed by atoms with E-state index in [4.69, 9.17) is 4.74 Å². The minimum atomic E-state index is 0.337. The molecule has 0 spiro atoms. The summed E-state index contributed by atoms with van der Waals surface area (Å²) in [5.74, 6) is 0.845. The van der Waals surface area contributed by atoms with Crippen molar-refractivity contribution in [1.29, 1.82) is 0 Å².